The molecule has 0 amide bonds. The molecule has 2 aliphatic rings. The zero-order valence-electron chi connectivity index (χ0n) is 13.7. The van der Waals surface area contributed by atoms with Crippen molar-refractivity contribution in [3.63, 3.8) is 0 Å². The van der Waals surface area contributed by atoms with Gasteiger partial charge >= 0.3 is 0 Å². The monoisotopic (exact) mass is 289 g/mol. The summed E-state index contributed by atoms with van der Waals surface area (Å²) >= 11 is 0. The molecular weight excluding hydrogens is 261 g/mol. The van der Waals surface area contributed by atoms with Crippen molar-refractivity contribution < 1.29 is 4.39 Å². The predicted octanol–water partition coefficient (Wildman–Crippen LogP) is 4.56. The molecular formula is C19H28FN. The maximum Gasteiger partial charge on any atom is 0.123 e. The minimum atomic E-state index is -0.152. The van der Waals surface area contributed by atoms with E-state index >= 15 is 0 Å². The van der Waals surface area contributed by atoms with Crippen molar-refractivity contribution in [2.24, 2.45) is 16.7 Å². The van der Waals surface area contributed by atoms with Crippen molar-refractivity contribution in [1.29, 1.82) is 0 Å². The van der Waals surface area contributed by atoms with Crippen LogP contribution in [0.2, 0.25) is 0 Å². The summed E-state index contributed by atoms with van der Waals surface area (Å²) in [6.07, 6.45) is 5.10. The smallest absolute Gasteiger partial charge is 0.123 e. The number of fused-ring (bicyclic) bond motifs is 2. The molecule has 1 aromatic rings. The van der Waals surface area contributed by atoms with Gasteiger partial charge in [0.05, 0.1) is 0 Å². The molecule has 0 spiro atoms. The molecule has 2 fully saturated rings. The zero-order valence-corrected chi connectivity index (χ0v) is 13.7. The van der Waals surface area contributed by atoms with E-state index in [1.54, 1.807) is 12.1 Å². The topological polar surface area (TPSA) is 12.0 Å². The Bertz CT molecular complexity index is 502. The Morgan fingerprint density at radius 1 is 1.24 bits per heavy atom. The lowest BCUT2D eigenvalue weighted by atomic mass is 9.68. The van der Waals surface area contributed by atoms with E-state index in [0.29, 0.717) is 22.9 Å². The third kappa shape index (κ3) is 2.63. The third-order valence-corrected chi connectivity index (χ3v) is 6.18. The molecule has 2 saturated carbocycles. The van der Waals surface area contributed by atoms with Gasteiger partial charge in [-0.1, -0.05) is 32.9 Å². The molecule has 0 aromatic heterocycles. The van der Waals surface area contributed by atoms with Gasteiger partial charge in [0.2, 0.25) is 0 Å². The van der Waals surface area contributed by atoms with Crippen LogP contribution in [0.25, 0.3) is 0 Å². The Kier molecular flexibility index (Phi) is 3.64. The molecule has 0 radical (unpaired) electrons. The Labute approximate surface area is 128 Å². The van der Waals surface area contributed by atoms with E-state index < -0.39 is 0 Å². The van der Waals surface area contributed by atoms with Gasteiger partial charge in [0.1, 0.15) is 5.82 Å². The lowest BCUT2D eigenvalue weighted by Crippen LogP contribution is -2.53. The maximum atomic E-state index is 13.0. The molecule has 2 aliphatic carbocycles. The normalized spacial score (nSPS) is 35.1. The first kappa shape index (κ1) is 15.0. The molecule has 0 saturated heterocycles. The van der Waals surface area contributed by atoms with E-state index in [9.17, 15) is 4.39 Å². The molecule has 116 valence electrons. The van der Waals surface area contributed by atoms with Gasteiger partial charge in [-0.15, -0.1) is 0 Å². The summed E-state index contributed by atoms with van der Waals surface area (Å²) in [6.45, 7) is 9.59. The van der Waals surface area contributed by atoms with E-state index in [2.05, 4.69) is 33.0 Å². The Hall–Kier alpha value is -0.890. The van der Waals surface area contributed by atoms with Crippen LogP contribution in [0.1, 0.15) is 52.5 Å². The summed E-state index contributed by atoms with van der Waals surface area (Å²) in [6, 6.07) is 7.95. The third-order valence-electron chi connectivity index (χ3n) is 6.18. The lowest BCUT2D eigenvalue weighted by molar-refractivity contribution is 0.100. The molecule has 1 nitrogen and oxygen atoms in total. The lowest BCUT2D eigenvalue weighted by Gasteiger charge is -2.44. The van der Waals surface area contributed by atoms with Crippen LogP contribution in [0, 0.1) is 22.6 Å². The molecule has 0 heterocycles. The highest BCUT2D eigenvalue weighted by atomic mass is 19.1. The minimum absolute atomic E-state index is 0.152. The van der Waals surface area contributed by atoms with Gasteiger partial charge in [0.25, 0.3) is 0 Å². The molecule has 0 aliphatic heterocycles. The van der Waals surface area contributed by atoms with Gasteiger partial charge < -0.3 is 5.32 Å². The van der Waals surface area contributed by atoms with Crippen LogP contribution in [0.15, 0.2) is 24.3 Å². The van der Waals surface area contributed by atoms with Crippen molar-refractivity contribution in [2.75, 3.05) is 0 Å². The van der Waals surface area contributed by atoms with Crippen molar-refractivity contribution in [1.82, 2.24) is 5.32 Å². The Morgan fingerprint density at radius 3 is 2.48 bits per heavy atom. The number of rotatable bonds is 4. The number of nitrogens with one attached hydrogen (secondary N) is 1. The van der Waals surface area contributed by atoms with E-state index in [-0.39, 0.29) is 5.82 Å². The molecule has 21 heavy (non-hydrogen) atoms. The predicted molar refractivity (Wildman–Crippen MR) is 85.7 cm³/mol. The van der Waals surface area contributed by atoms with Crippen LogP contribution < -0.4 is 5.32 Å². The summed E-state index contributed by atoms with van der Waals surface area (Å²) in [5.74, 6) is 0.721. The minimum Gasteiger partial charge on any atom is -0.310 e. The molecule has 1 aromatic carbocycles. The summed E-state index contributed by atoms with van der Waals surface area (Å²) in [7, 11) is 0. The summed E-state index contributed by atoms with van der Waals surface area (Å²) in [5, 5.41) is 3.91. The van der Waals surface area contributed by atoms with Crippen molar-refractivity contribution in [3.8, 4) is 0 Å². The standard InChI is InChI=1S/C19H28FN/c1-13(11-14-5-7-16(20)8-6-14)21-17-18(2,3)15-9-10-19(17,4)12-15/h5-8,13,15,17,21H,9-12H2,1-4H3. The number of hydrogen-bond acceptors (Lipinski definition) is 1. The molecule has 3 rings (SSSR count). The molecule has 2 bridgehead atoms. The number of benzene rings is 1. The average molecular weight is 289 g/mol. The van der Waals surface area contributed by atoms with Crippen molar-refractivity contribution in [3.05, 3.63) is 35.6 Å². The van der Waals surface area contributed by atoms with Crippen LogP contribution in [0.5, 0.6) is 0 Å². The highest BCUT2D eigenvalue weighted by molar-refractivity contribution is 5.18. The number of halogens is 1. The first-order valence-corrected chi connectivity index (χ1v) is 8.32. The fraction of sp³-hybridized carbons (Fsp3) is 0.684. The van der Waals surface area contributed by atoms with Gasteiger partial charge in [0, 0.05) is 12.1 Å². The SMILES string of the molecule is CC(Cc1ccc(F)cc1)NC1C2(C)CCC(C2)C1(C)C. The maximum absolute atomic E-state index is 13.0. The summed E-state index contributed by atoms with van der Waals surface area (Å²) in [4.78, 5) is 0. The Balaban J connectivity index is 1.67. The van der Waals surface area contributed by atoms with Gasteiger partial charge in [-0.2, -0.15) is 0 Å². The highest BCUT2D eigenvalue weighted by Gasteiger charge is 2.59. The molecule has 4 atom stereocenters. The van der Waals surface area contributed by atoms with E-state index in [4.69, 9.17) is 0 Å². The van der Waals surface area contributed by atoms with Crippen molar-refractivity contribution in [2.45, 2.75) is 65.5 Å². The van der Waals surface area contributed by atoms with Crippen LogP contribution >= 0.6 is 0 Å². The van der Waals surface area contributed by atoms with Gasteiger partial charge in [-0.3, -0.25) is 0 Å². The summed E-state index contributed by atoms with van der Waals surface area (Å²) in [5.41, 5.74) is 2.07. The molecule has 1 N–H and O–H groups in total. The largest absolute Gasteiger partial charge is 0.310 e. The molecule has 2 heteroatoms. The summed E-state index contributed by atoms with van der Waals surface area (Å²) < 4.78 is 13.0. The first-order valence-electron chi connectivity index (χ1n) is 8.32. The molecule has 4 unspecified atom stereocenters. The average Bonchev–Trinajstić information content (AvgIpc) is 2.89. The Morgan fingerprint density at radius 2 is 1.90 bits per heavy atom. The second kappa shape index (κ2) is 5.08. The van der Waals surface area contributed by atoms with Crippen LogP contribution in [-0.2, 0) is 6.42 Å². The van der Waals surface area contributed by atoms with Crippen LogP contribution in [-0.4, -0.2) is 12.1 Å². The second-order valence-corrected chi connectivity index (χ2v) is 8.25. The van der Waals surface area contributed by atoms with E-state index in [1.165, 1.54) is 24.8 Å². The van der Waals surface area contributed by atoms with Crippen LogP contribution in [0.3, 0.4) is 0 Å². The second-order valence-electron chi connectivity index (χ2n) is 8.25. The highest BCUT2D eigenvalue weighted by Crippen LogP contribution is 2.62. The zero-order chi connectivity index (χ0) is 15.3. The quantitative estimate of drug-likeness (QED) is 0.856. The van der Waals surface area contributed by atoms with Crippen molar-refractivity contribution >= 4 is 0 Å². The van der Waals surface area contributed by atoms with Gasteiger partial charge in [-0.25, -0.2) is 4.39 Å². The van der Waals surface area contributed by atoms with E-state index in [1.807, 2.05) is 12.1 Å². The number of hydrogen-bond donors (Lipinski definition) is 1. The fourth-order valence-electron chi connectivity index (χ4n) is 5.04. The van der Waals surface area contributed by atoms with Gasteiger partial charge in [0.15, 0.2) is 0 Å². The fourth-order valence-corrected chi connectivity index (χ4v) is 5.04. The van der Waals surface area contributed by atoms with Gasteiger partial charge in [-0.05, 0) is 67.1 Å². The first-order chi connectivity index (χ1) is 9.81. The van der Waals surface area contributed by atoms with Crippen LogP contribution in [0.4, 0.5) is 4.39 Å². The van der Waals surface area contributed by atoms with E-state index in [0.717, 1.165) is 12.3 Å².